The minimum Gasteiger partial charge on any atom is -0.346 e. The van der Waals surface area contributed by atoms with E-state index in [-0.39, 0.29) is 18.4 Å². The van der Waals surface area contributed by atoms with E-state index in [1.807, 2.05) is 11.8 Å². The first-order chi connectivity index (χ1) is 8.15. The molecule has 0 spiro atoms. The molecule has 2 amide bonds. The van der Waals surface area contributed by atoms with Crippen LogP contribution in [0, 0.1) is 0 Å². The molecule has 0 bridgehead atoms. The number of amides is 2. The van der Waals surface area contributed by atoms with Crippen LogP contribution >= 0.6 is 0 Å². The first kappa shape index (κ1) is 14.0. The Morgan fingerprint density at radius 2 is 1.94 bits per heavy atom. The minimum absolute atomic E-state index is 0.00162. The number of hydrogen-bond donors (Lipinski definition) is 2. The molecule has 0 aromatic carbocycles. The second-order valence-corrected chi connectivity index (χ2v) is 4.55. The molecule has 1 atom stereocenters. The number of piperidine rings is 1. The summed E-state index contributed by atoms with van der Waals surface area (Å²) in [5.74, 6) is -0.223. The lowest BCUT2D eigenvalue weighted by Gasteiger charge is -2.26. The molecule has 0 saturated carbocycles. The Labute approximate surface area is 103 Å². The van der Waals surface area contributed by atoms with Crippen LogP contribution in [0.4, 0.5) is 0 Å². The molecule has 1 fully saturated rings. The second kappa shape index (κ2) is 7.27. The Morgan fingerprint density at radius 1 is 1.29 bits per heavy atom. The Bertz CT molecular complexity index is 262. The Balaban J connectivity index is 2.24. The lowest BCUT2D eigenvalue weighted by atomic mass is 10.1. The van der Waals surface area contributed by atoms with Gasteiger partial charge in [-0.15, -0.1) is 0 Å². The predicted octanol–water partition coefficient (Wildman–Crippen LogP) is 0.243. The summed E-state index contributed by atoms with van der Waals surface area (Å²) in [7, 11) is 0. The molecular formula is C12H23N3O2. The van der Waals surface area contributed by atoms with Crippen LogP contribution in [0.15, 0.2) is 0 Å². The van der Waals surface area contributed by atoms with Crippen molar-refractivity contribution < 1.29 is 9.59 Å². The molecule has 0 unspecified atom stereocenters. The highest BCUT2D eigenvalue weighted by molar-refractivity contribution is 5.87. The maximum Gasteiger partial charge on any atom is 0.241 e. The van der Waals surface area contributed by atoms with Gasteiger partial charge in [0.05, 0.1) is 12.6 Å². The van der Waals surface area contributed by atoms with Crippen molar-refractivity contribution in [2.75, 3.05) is 19.6 Å². The number of rotatable bonds is 5. The molecule has 1 heterocycles. The van der Waals surface area contributed by atoms with Crippen molar-refractivity contribution in [1.29, 1.82) is 0 Å². The molecule has 0 aliphatic carbocycles. The zero-order chi connectivity index (χ0) is 12.7. The number of hydrogen-bond acceptors (Lipinski definition) is 3. The SMILES string of the molecule is CCC[C@H](N)C(=O)NCC(=O)N1CCCCC1. The summed E-state index contributed by atoms with van der Waals surface area (Å²) in [5.41, 5.74) is 5.66. The molecule has 5 nitrogen and oxygen atoms in total. The van der Waals surface area contributed by atoms with E-state index in [0.29, 0.717) is 6.42 Å². The molecule has 0 aromatic heterocycles. The normalized spacial score (nSPS) is 17.6. The molecule has 1 aliphatic heterocycles. The molecule has 0 aromatic rings. The van der Waals surface area contributed by atoms with Crippen LogP contribution in [0.5, 0.6) is 0 Å². The van der Waals surface area contributed by atoms with Gasteiger partial charge >= 0.3 is 0 Å². The van der Waals surface area contributed by atoms with E-state index < -0.39 is 6.04 Å². The molecule has 0 radical (unpaired) electrons. The number of nitrogens with one attached hydrogen (secondary N) is 1. The molecule has 1 aliphatic rings. The third-order valence-electron chi connectivity index (χ3n) is 3.06. The molecular weight excluding hydrogens is 218 g/mol. The van der Waals surface area contributed by atoms with E-state index in [1.54, 1.807) is 0 Å². The van der Waals surface area contributed by atoms with E-state index >= 15 is 0 Å². The van der Waals surface area contributed by atoms with Gasteiger partial charge in [0.15, 0.2) is 0 Å². The van der Waals surface area contributed by atoms with Crippen molar-refractivity contribution in [3.63, 3.8) is 0 Å². The van der Waals surface area contributed by atoms with Gasteiger partial charge in [0.25, 0.3) is 0 Å². The van der Waals surface area contributed by atoms with E-state index in [1.165, 1.54) is 6.42 Å². The highest BCUT2D eigenvalue weighted by Gasteiger charge is 2.18. The fourth-order valence-electron chi connectivity index (χ4n) is 1.99. The monoisotopic (exact) mass is 241 g/mol. The summed E-state index contributed by atoms with van der Waals surface area (Å²) >= 11 is 0. The third kappa shape index (κ3) is 4.73. The average Bonchev–Trinajstić information content (AvgIpc) is 2.36. The van der Waals surface area contributed by atoms with Gasteiger partial charge in [-0.3, -0.25) is 9.59 Å². The zero-order valence-electron chi connectivity index (χ0n) is 10.6. The molecule has 1 saturated heterocycles. The van der Waals surface area contributed by atoms with Gasteiger partial charge in [-0.2, -0.15) is 0 Å². The number of likely N-dealkylation sites (tertiary alicyclic amines) is 1. The van der Waals surface area contributed by atoms with Crippen LogP contribution in [0.1, 0.15) is 39.0 Å². The molecule has 98 valence electrons. The van der Waals surface area contributed by atoms with Gasteiger partial charge in [0.1, 0.15) is 0 Å². The van der Waals surface area contributed by atoms with Crippen molar-refractivity contribution in [1.82, 2.24) is 10.2 Å². The van der Waals surface area contributed by atoms with Gasteiger partial charge in [-0.1, -0.05) is 13.3 Å². The summed E-state index contributed by atoms with van der Waals surface area (Å²) in [4.78, 5) is 25.1. The highest BCUT2D eigenvalue weighted by Crippen LogP contribution is 2.08. The van der Waals surface area contributed by atoms with Gasteiger partial charge in [0.2, 0.25) is 11.8 Å². The Kier molecular flexibility index (Phi) is 5.97. The summed E-state index contributed by atoms with van der Waals surface area (Å²) in [6, 6.07) is -0.492. The fourth-order valence-corrected chi connectivity index (χ4v) is 1.99. The van der Waals surface area contributed by atoms with E-state index in [0.717, 1.165) is 32.4 Å². The van der Waals surface area contributed by atoms with E-state index in [4.69, 9.17) is 5.73 Å². The number of carbonyl (C=O) groups excluding carboxylic acids is 2. The lowest BCUT2D eigenvalue weighted by Crippen LogP contribution is -2.47. The quantitative estimate of drug-likeness (QED) is 0.724. The van der Waals surface area contributed by atoms with Crippen molar-refractivity contribution in [2.45, 2.75) is 45.1 Å². The largest absolute Gasteiger partial charge is 0.346 e. The van der Waals surface area contributed by atoms with E-state index in [2.05, 4.69) is 5.32 Å². The summed E-state index contributed by atoms with van der Waals surface area (Å²) < 4.78 is 0. The third-order valence-corrected chi connectivity index (χ3v) is 3.06. The van der Waals surface area contributed by atoms with Gasteiger partial charge in [-0.05, 0) is 25.7 Å². The van der Waals surface area contributed by atoms with Crippen LogP contribution in [-0.2, 0) is 9.59 Å². The van der Waals surface area contributed by atoms with Crippen molar-refractivity contribution in [3.05, 3.63) is 0 Å². The molecule has 3 N–H and O–H groups in total. The predicted molar refractivity (Wildman–Crippen MR) is 66.3 cm³/mol. The molecule has 5 heteroatoms. The van der Waals surface area contributed by atoms with Crippen molar-refractivity contribution >= 4 is 11.8 Å². The number of nitrogens with zero attached hydrogens (tertiary/aromatic N) is 1. The Morgan fingerprint density at radius 3 is 2.53 bits per heavy atom. The summed E-state index contributed by atoms with van der Waals surface area (Å²) in [6.45, 7) is 3.69. The van der Waals surface area contributed by atoms with Crippen LogP contribution in [0.25, 0.3) is 0 Å². The van der Waals surface area contributed by atoms with Crippen molar-refractivity contribution in [3.8, 4) is 0 Å². The van der Waals surface area contributed by atoms with Crippen LogP contribution in [0.2, 0.25) is 0 Å². The van der Waals surface area contributed by atoms with Gasteiger partial charge < -0.3 is 16.0 Å². The standard InChI is InChI=1S/C12H23N3O2/c1-2-6-10(13)12(17)14-9-11(16)15-7-4-3-5-8-15/h10H,2-9,13H2,1H3,(H,14,17)/t10-/m0/s1. The number of carbonyl (C=O) groups is 2. The average molecular weight is 241 g/mol. The van der Waals surface area contributed by atoms with E-state index in [9.17, 15) is 9.59 Å². The second-order valence-electron chi connectivity index (χ2n) is 4.55. The van der Waals surface area contributed by atoms with Gasteiger partial charge in [0, 0.05) is 13.1 Å². The topological polar surface area (TPSA) is 75.4 Å². The maximum atomic E-state index is 11.8. The lowest BCUT2D eigenvalue weighted by molar-refractivity contribution is -0.133. The van der Waals surface area contributed by atoms with Crippen LogP contribution < -0.4 is 11.1 Å². The fraction of sp³-hybridized carbons (Fsp3) is 0.833. The zero-order valence-corrected chi connectivity index (χ0v) is 10.6. The first-order valence-electron chi connectivity index (χ1n) is 6.46. The Hall–Kier alpha value is -1.10. The maximum absolute atomic E-state index is 11.8. The molecule has 1 rings (SSSR count). The van der Waals surface area contributed by atoms with Gasteiger partial charge in [-0.25, -0.2) is 0 Å². The molecule has 17 heavy (non-hydrogen) atoms. The summed E-state index contributed by atoms with van der Waals surface area (Å²) in [5, 5.41) is 2.61. The van der Waals surface area contributed by atoms with Crippen molar-refractivity contribution in [2.24, 2.45) is 5.73 Å². The minimum atomic E-state index is -0.492. The smallest absolute Gasteiger partial charge is 0.241 e. The highest BCUT2D eigenvalue weighted by atomic mass is 16.2. The summed E-state index contributed by atoms with van der Waals surface area (Å²) in [6.07, 6.45) is 4.85. The first-order valence-corrected chi connectivity index (χ1v) is 6.46. The number of nitrogens with two attached hydrogens (primary N) is 1. The van der Waals surface area contributed by atoms with Crippen LogP contribution in [0.3, 0.4) is 0 Å². The van der Waals surface area contributed by atoms with Crippen LogP contribution in [-0.4, -0.2) is 42.4 Å².